The SMILES string of the molecule is CCCCCCCCc1ccc(C)c([N+](=O)[O-])c1. The van der Waals surface area contributed by atoms with Crippen LogP contribution in [0.3, 0.4) is 0 Å². The fraction of sp³-hybridized carbons (Fsp3) is 0.600. The molecule has 0 amide bonds. The zero-order valence-corrected chi connectivity index (χ0v) is 11.4. The van der Waals surface area contributed by atoms with Gasteiger partial charge in [0.25, 0.3) is 5.69 Å². The van der Waals surface area contributed by atoms with Gasteiger partial charge in [0.15, 0.2) is 0 Å². The van der Waals surface area contributed by atoms with E-state index < -0.39 is 0 Å². The van der Waals surface area contributed by atoms with Crippen molar-refractivity contribution in [3.05, 3.63) is 39.4 Å². The summed E-state index contributed by atoms with van der Waals surface area (Å²) in [7, 11) is 0. The van der Waals surface area contributed by atoms with E-state index in [1.807, 2.05) is 12.1 Å². The minimum Gasteiger partial charge on any atom is -0.258 e. The number of nitro groups is 1. The molecule has 0 atom stereocenters. The van der Waals surface area contributed by atoms with Gasteiger partial charge in [-0.05, 0) is 25.3 Å². The van der Waals surface area contributed by atoms with E-state index in [1.165, 1.54) is 32.1 Å². The van der Waals surface area contributed by atoms with Gasteiger partial charge >= 0.3 is 0 Å². The first-order valence-electron chi connectivity index (χ1n) is 6.89. The summed E-state index contributed by atoms with van der Waals surface area (Å²) in [6.45, 7) is 4.00. The van der Waals surface area contributed by atoms with Crippen molar-refractivity contribution in [3.8, 4) is 0 Å². The Morgan fingerprint density at radius 2 is 1.78 bits per heavy atom. The molecule has 0 radical (unpaired) electrons. The molecule has 0 aliphatic rings. The summed E-state index contributed by atoms with van der Waals surface area (Å²) in [6, 6.07) is 5.58. The highest BCUT2D eigenvalue weighted by Crippen LogP contribution is 2.20. The molecule has 18 heavy (non-hydrogen) atoms. The maximum atomic E-state index is 10.8. The van der Waals surface area contributed by atoms with Crippen molar-refractivity contribution < 1.29 is 4.92 Å². The van der Waals surface area contributed by atoms with Crippen LogP contribution in [0.5, 0.6) is 0 Å². The van der Waals surface area contributed by atoms with E-state index in [4.69, 9.17) is 0 Å². The van der Waals surface area contributed by atoms with Gasteiger partial charge < -0.3 is 0 Å². The molecule has 100 valence electrons. The Bertz CT molecular complexity index is 388. The molecule has 0 heterocycles. The van der Waals surface area contributed by atoms with Crippen LogP contribution in [0.4, 0.5) is 5.69 Å². The second-order valence-corrected chi connectivity index (χ2v) is 4.90. The third kappa shape index (κ3) is 4.86. The van der Waals surface area contributed by atoms with E-state index in [-0.39, 0.29) is 10.6 Å². The first kappa shape index (κ1) is 14.7. The predicted molar refractivity (Wildman–Crippen MR) is 74.9 cm³/mol. The van der Waals surface area contributed by atoms with Crippen molar-refractivity contribution >= 4 is 5.69 Å². The van der Waals surface area contributed by atoms with Gasteiger partial charge in [-0.3, -0.25) is 10.1 Å². The van der Waals surface area contributed by atoms with Gasteiger partial charge in [-0.25, -0.2) is 0 Å². The highest BCUT2D eigenvalue weighted by molar-refractivity contribution is 5.42. The summed E-state index contributed by atoms with van der Waals surface area (Å²) in [4.78, 5) is 10.5. The lowest BCUT2D eigenvalue weighted by molar-refractivity contribution is -0.385. The summed E-state index contributed by atoms with van der Waals surface area (Å²) in [6.07, 6.45) is 8.48. The first-order chi connectivity index (χ1) is 8.65. The molecular formula is C15H23NO2. The summed E-state index contributed by atoms with van der Waals surface area (Å²) in [5, 5.41) is 10.8. The van der Waals surface area contributed by atoms with Crippen LogP contribution in [0.25, 0.3) is 0 Å². The van der Waals surface area contributed by atoms with E-state index in [9.17, 15) is 10.1 Å². The number of benzene rings is 1. The third-order valence-corrected chi connectivity index (χ3v) is 3.29. The molecule has 0 N–H and O–H groups in total. The van der Waals surface area contributed by atoms with Crippen LogP contribution in [0.15, 0.2) is 18.2 Å². The second kappa shape index (κ2) is 7.85. The average Bonchev–Trinajstić information content (AvgIpc) is 2.35. The molecule has 0 saturated carbocycles. The molecular weight excluding hydrogens is 226 g/mol. The normalized spacial score (nSPS) is 10.6. The quantitative estimate of drug-likeness (QED) is 0.377. The molecule has 0 fully saturated rings. The van der Waals surface area contributed by atoms with Crippen LogP contribution in [0.1, 0.15) is 56.6 Å². The Balaban J connectivity index is 2.38. The second-order valence-electron chi connectivity index (χ2n) is 4.90. The number of unbranched alkanes of at least 4 members (excludes halogenated alkanes) is 5. The summed E-state index contributed by atoms with van der Waals surface area (Å²) in [5.74, 6) is 0. The van der Waals surface area contributed by atoms with Crippen molar-refractivity contribution in [1.29, 1.82) is 0 Å². The van der Waals surface area contributed by atoms with Crippen LogP contribution in [-0.2, 0) is 6.42 Å². The van der Waals surface area contributed by atoms with Crippen molar-refractivity contribution in [2.24, 2.45) is 0 Å². The molecule has 0 aliphatic carbocycles. The van der Waals surface area contributed by atoms with Crippen LogP contribution >= 0.6 is 0 Å². The van der Waals surface area contributed by atoms with Crippen LogP contribution in [0, 0.1) is 17.0 Å². The number of nitrogens with zero attached hydrogens (tertiary/aromatic N) is 1. The minimum absolute atomic E-state index is 0.249. The molecule has 0 saturated heterocycles. The Labute approximate surface area is 109 Å². The topological polar surface area (TPSA) is 43.1 Å². The van der Waals surface area contributed by atoms with E-state index in [1.54, 1.807) is 13.0 Å². The fourth-order valence-electron chi connectivity index (χ4n) is 2.12. The van der Waals surface area contributed by atoms with Crippen LogP contribution < -0.4 is 0 Å². The Morgan fingerprint density at radius 1 is 1.11 bits per heavy atom. The summed E-state index contributed by atoms with van der Waals surface area (Å²) < 4.78 is 0. The summed E-state index contributed by atoms with van der Waals surface area (Å²) >= 11 is 0. The molecule has 0 spiro atoms. The van der Waals surface area contributed by atoms with E-state index in [0.717, 1.165) is 24.0 Å². The van der Waals surface area contributed by atoms with Gasteiger partial charge in [-0.15, -0.1) is 0 Å². The van der Waals surface area contributed by atoms with E-state index in [2.05, 4.69) is 6.92 Å². The third-order valence-electron chi connectivity index (χ3n) is 3.29. The maximum Gasteiger partial charge on any atom is 0.272 e. The number of hydrogen-bond acceptors (Lipinski definition) is 2. The predicted octanol–water partition coefficient (Wildman–Crippen LogP) is 4.81. The molecule has 0 aromatic heterocycles. The van der Waals surface area contributed by atoms with Gasteiger partial charge in [-0.2, -0.15) is 0 Å². The lowest BCUT2D eigenvalue weighted by atomic mass is 10.0. The Kier molecular flexibility index (Phi) is 6.40. The van der Waals surface area contributed by atoms with E-state index in [0.29, 0.717) is 0 Å². The molecule has 3 heteroatoms. The fourth-order valence-corrected chi connectivity index (χ4v) is 2.12. The van der Waals surface area contributed by atoms with Gasteiger partial charge in [0.1, 0.15) is 0 Å². The number of rotatable bonds is 8. The molecule has 1 aromatic carbocycles. The summed E-state index contributed by atoms with van der Waals surface area (Å²) in [5.41, 5.74) is 2.08. The van der Waals surface area contributed by atoms with Crippen molar-refractivity contribution in [2.75, 3.05) is 0 Å². The lowest BCUT2D eigenvalue weighted by Crippen LogP contribution is -1.94. The van der Waals surface area contributed by atoms with Crippen molar-refractivity contribution in [2.45, 2.75) is 58.8 Å². The minimum atomic E-state index is -0.292. The molecule has 0 unspecified atom stereocenters. The Hall–Kier alpha value is -1.38. The first-order valence-corrected chi connectivity index (χ1v) is 6.89. The molecule has 0 aliphatic heterocycles. The van der Waals surface area contributed by atoms with Crippen molar-refractivity contribution in [3.63, 3.8) is 0 Å². The number of aryl methyl sites for hydroxylation is 2. The zero-order valence-electron chi connectivity index (χ0n) is 11.4. The highest BCUT2D eigenvalue weighted by atomic mass is 16.6. The van der Waals surface area contributed by atoms with Crippen LogP contribution in [0.2, 0.25) is 0 Å². The monoisotopic (exact) mass is 249 g/mol. The molecule has 1 aromatic rings. The zero-order chi connectivity index (χ0) is 13.4. The Morgan fingerprint density at radius 3 is 2.44 bits per heavy atom. The maximum absolute atomic E-state index is 10.8. The molecule has 3 nitrogen and oxygen atoms in total. The lowest BCUT2D eigenvalue weighted by Gasteiger charge is -2.03. The van der Waals surface area contributed by atoms with Gasteiger partial charge in [0, 0.05) is 11.6 Å². The van der Waals surface area contributed by atoms with Crippen LogP contribution in [-0.4, -0.2) is 4.92 Å². The smallest absolute Gasteiger partial charge is 0.258 e. The van der Waals surface area contributed by atoms with Crippen molar-refractivity contribution in [1.82, 2.24) is 0 Å². The van der Waals surface area contributed by atoms with Gasteiger partial charge in [0.05, 0.1) is 4.92 Å². The standard InChI is InChI=1S/C15H23NO2/c1-3-4-5-6-7-8-9-14-11-10-13(2)15(12-14)16(17)18/h10-12H,3-9H2,1-2H3. The number of nitro benzene ring substituents is 1. The highest BCUT2D eigenvalue weighted by Gasteiger charge is 2.10. The molecule has 0 bridgehead atoms. The van der Waals surface area contributed by atoms with E-state index >= 15 is 0 Å². The average molecular weight is 249 g/mol. The van der Waals surface area contributed by atoms with Gasteiger partial charge in [-0.1, -0.05) is 51.2 Å². The largest absolute Gasteiger partial charge is 0.272 e. The molecule has 1 rings (SSSR count). The number of hydrogen-bond donors (Lipinski definition) is 0. The van der Waals surface area contributed by atoms with Gasteiger partial charge in [0.2, 0.25) is 0 Å².